The first kappa shape index (κ1) is 13.8. The summed E-state index contributed by atoms with van der Waals surface area (Å²) in [5.41, 5.74) is 1.19. The van der Waals surface area contributed by atoms with E-state index in [0.717, 1.165) is 44.1 Å². The number of aliphatic hydroxyl groups is 1. The molecule has 1 aromatic carbocycles. The Hall–Kier alpha value is -0.610. The van der Waals surface area contributed by atoms with Gasteiger partial charge in [0.1, 0.15) is 0 Å². The first-order valence-corrected chi connectivity index (χ1v) is 6.87. The molecule has 1 aliphatic rings. The van der Waals surface area contributed by atoms with Crippen molar-refractivity contribution in [1.29, 1.82) is 0 Å². The quantitative estimate of drug-likeness (QED) is 0.834. The Morgan fingerprint density at radius 2 is 2.06 bits per heavy atom. The summed E-state index contributed by atoms with van der Waals surface area (Å²) in [4.78, 5) is 2.40. The van der Waals surface area contributed by atoms with Gasteiger partial charge in [0.05, 0.1) is 12.7 Å². The summed E-state index contributed by atoms with van der Waals surface area (Å²) in [6, 6.07) is 7.88. The summed E-state index contributed by atoms with van der Waals surface area (Å²) in [5, 5.41) is 9.55. The average molecular weight is 270 g/mol. The molecule has 4 heteroatoms. The number of ether oxygens (including phenoxy) is 1. The number of benzene rings is 1. The molecule has 2 rings (SSSR count). The zero-order valence-corrected chi connectivity index (χ0v) is 11.3. The van der Waals surface area contributed by atoms with Crippen molar-refractivity contribution in [2.45, 2.75) is 18.9 Å². The molecule has 0 aliphatic carbocycles. The van der Waals surface area contributed by atoms with Crippen LogP contribution in [0.1, 0.15) is 24.5 Å². The molecule has 0 radical (unpaired) electrons. The van der Waals surface area contributed by atoms with Crippen LogP contribution in [0.25, 0.3) is 0 Å². The lowest BCUT2D eigenvalue weighted by Crippen LogP contribution is -2.38. The van der Waals surface area contributed by atoms with Gasteiger partial charge in [-0.3, -0.25) is 4.90 Å². The van der Waals surface area contributed by atoms with E-state index in [1.165, 1.54) is 5.56 Å². The third-order valence-electron chi connectivity index (χ3n) is 3.27. The van der Waals surface area contributed by atoms with E-state index >= 15 is 0 Å². The van der Waals surface area contributed by atoms with Crippen molar-refractivity contribution >= 4 is 11.6 Å². The Balaban J connectivity index is 1.88. The minimum absolute atomic E-state index is 0.144. The number of rotatable bonds is 5. The van der Waals surface area contributed by atoms with Crippen LogP contribution in [-0.4, -0.2) is 42.9 Å². The maximum Gasteiger partial charge on any atom is 0.0952 e. The fraction of sp³-hybridized carbons (Fsp3) is 0.571. The minimum Gasteiger partial charge on any atom is -0.396 e. The Labute approximate surface area is 113 Å². The van der Waals surface area contributed by atoms with Crippen LogP contribution < -0.4 is 0 Å². The molecule has 0 aromatic heterocycles. The zero-order chi connectivity index (χ0) is 12.8. The largest absolute Gasteiger partial charge is 0.396 e. The highest BCUT2D eigenvalue weighted by atomic mass is 35.5. The highest BCUT2D eigenvalue weighted by Gasteiger charge is 2.21. The lowest BCUT2D eigenvalue weighted by Gasteiger charge is -2.33. The number of nitrogens with zero attached hydrogens (tertiary/aromatic N) is 1. The SMILES string of the molecule is OCCCCN1CCO[C@H](c2ccc(Cl)cc2)C1. The van der Waals surface area contributed by atoms with Crippen LogP contribution >= 0.6 is 11.6 Å². The van der Waals surface area contributed by atoms with E-state index in [9.17, 15) is 0 Å². The smallest absolute Gasteiger partial charge is 0.0952 e. The van der Waals surface area contributed by atoms with E-state index in [1.807, 2.05) is 24.3 Å². The molecule has 1 aliphatic heterocycles. The number of morpholine rings is 1. The molecule has 1 heterocycles. The second kappa shape index (κ2) is 7.10. The molecule has 0 unspecified atom stereocenters. The molecule has 3 nitrogen and oxygen atoms in total. The first-order chi connectivity index (χ1) is 8.79. The number of hydrogen-bond donors (Lipinski definition) is 1. The second-order valence-corrected chi connectivity index (χ2v) is 5.08. The Morgan fingerprint density at radius 1 is 1.28 bits per heavy atom. The summed E-state index contributed by atoms with van der Waals surface area (Å²) in [6.07, 6.45) is 2.07. The van der Waals surface area contributed by atoms with Gasteiger partial charge in [-0.25, -0.2) is 0 Å². The highest BCUT2D eigenvalue weighted by molar-refractivity contribution is 6.30. The molecule has 1 N–H and O–H groups in total. The standard InChI is InChI=1S/C14H20ClNO2/c15-13-5-3-12(4-6-13)14-11-16(8-10-18-14)7-1-2-9-17/h3-6,14,17H,1-2,7-11H2/t14-/m0/s1. The fourth-order valence-corrected chi connectivity index (χ4v) is 2.36. The van der Waals surface area contributed by atoms with Crippen molar-refractivity contribution in [2.75, 3.05) is 32.8 Å². The summed E-state index contributed by atoms with van der Waals surface area (Å²) >= 11 is 5.89. The van der Waals surface area contributed by atoms with Gasteiger partial charge in [-0.15, -0.1) is 0 Å². The maximum atomic E-state index is 8.80. The van der Waals surface area contributed by atoms with Crippen molar-refractivity contribution in [3.63, 3.8) is 0 Å². The molecule has 1 fully saturated rings. The normalized spacial score (nSPS) is 21.1. The van der Waals surface area contributed by atoms with Gasteiger partial charge >= 0.3 is 0 Å². The van der Waals surface area contributed by atoms with Crippen LogP contribution in [0.15, 0.2) is 24.3 Å². The van der Waals surface area contributed by atoms with Gasteiger partial charge in [-0.1, -0.05) is 23.7 Å². The van der Waals surface area contributed by atoms with Gasteiger partial charge < -0.3 is 9.84 Å². The molecule has 0 spiro atoms. The van der Waals surface area contributed by atoms with Gasteiger partial charge in [-0.2, -0.15) is 0 Å². The van der Waals surface area contributed by atoms with E-state index in [2.05, 4.69) is 4.90 Å². The third kappa shape index (κ3) is 3.95. The molecular weight excluding hydrogens is 250 g/mol. The van der Waals surface area contributed by atoms with Crippen molar-refractivity contribution in [3.8, 4) is 0 Å². The highest BCUT2D eigenvalue weighted by Crippen LogP contribution is 2.23. The molecule has 0 saturated carbocycles. The van der Waals surface area contributed by atoms with Gasteiger partial charge in [0, 0.05) is 24.7 Å². The lowest BCUT2D eigenvalue weighted by atomic mass is 10.1. The summed E-state index contributed by atoms with van der Waals surface area (Å²) in [7, 11) is 0. The van der Waals surface area contributed by atoms with Crippen molar-refractivity contribution in [2.24, 2.45) is 0 Å². The predicted molar refractivity (Wildman–Crippen MR) is 72.9 cm³/mol. The predicted octanol–water partition coefficient (Wildman–Crippen LogP) is 2.49. The van der Waals surface area contributed by atoms with Crippen LogP contribution in [0.5, 0.6) is 0 Å². The minimum atomic E-state index is 0.144. The van der Waals surface area contributed by atoms with Crippen LogP contribution in [0.2, 0.25) is 5.02 Å². The molecule has 1 atom stereocenters. The molecule has 0 bridgehead atoms. The summed E-state index contributed by atoms with van der Waals surface area (Å²) in [6.45, 7) is 3.99. The van der Waals surface area contributed by atoms with Gasteiger partial charge in [0.2, 0.25) is 0 Å². The van der Waals surface area contributed by atoms with Gasteiger partial charge in [0.25, 0.3) is 0 Å². The maximum absolute atomic E-state index is 8.80. The fourth-order valence-electron chi connectivity index (χ4n) is 2.23. The molecule has 1 saturated heterocycles. The topological polar surface area (TPSA) is 32.7 Å². The van der Waals surface area contributed by atoms with Crippen LogP contribution in [0, 0.1) is 0 Å². The molecule has 0 amide bonds. The number of hydrogen-bond acceptors (Lipinski definition) is 3. The monoisotopic (exact) mass is 269 g/mol. The zero-order valence-electron chi connectivity index (χ0n) is 10.5. The molecule has 100 valence electrons. The first-order valence-electron chi connectivity index (χ1n) is 6.50. The number of unbranched alkanes of at least 4 members (excludes halogenated alkanes) is 1. The third-order valence-corrected chi connectivity index (χ3v) is 3.53. The van der Waals surface area contributed by atoms with Gasteiger partial charge in [0.15, 0.2) is 0 Å². The van der Waals surface area contributed by atoms with Crippen LogP contribution in [0.3, 0.4) is 0 Å². The summed E-state index contributed by atoms with van der Waals surface area (Å²) in [5.74, 6) is 0. The van der Waals surface area contributed by atoms with Crippen LogP contribution in [0.4, 0.5) is 0 Å². The average Bonchev–Trinajstić information content (AvgIpc) is 2.40. The van der Waals surface area contributed by atoms with Gasteiger partial charge in [-0.05, 0) is 37.1 Å². The van der Waals surface area contributed by atoms with E-state index < -0.39 is 0 Å². The van der Waals surface area contributed by atoms with Crippen LogP contribution in [-0.2, 0) is 4.74 Å². The van der Waals surface area contributed by atoms with E-state index in [0.29, 0.717) is 0 Å². The van der Waals surface area contributed by atoms with Crippen molar-refractivity contribution < 1.29 is 9.84 Å². The lowest BCUT2D eigenvalue weighted by molar-refractivity contribution is -0.0305. The van der Waals surface area contributed by atoms with Crippen molar-refractivity contribution in [3.05, 3.63) is 34.9 Å². The number of aliphatic hydroxyl groups excluding tert-OH is 1. The van der Waals surface area contributed by atoms with E-state index in [1.54, 1.807) is 0 Å². The Kier molecular flexibility index (Phi) is 5.45. The Bertz CT molecular complexity index is 355. The molecule has 1 aromatic rings. The van der Waals surface area contributed by atoms with E-state index in [4.69, 9.17) is 21.4 Å². The Morgan fingerprint density at radius 3 is 2.78 bits per heavy atom. The van der Waals surface area contributed by atoms with E-state index in [-0.39, 0.29) is 12.7 Å². The van der Waals surface area contributed by atoms with Crippen molar-refractivity contribution in [1.82, 2.24) is 4.90 Å². The molecule has 18 heavy (non-hydrogen) atoms. The molecular formula is C14H20ClNO2. The summed E-state index contributed by atoms with van der Waals surface area (Å²) < 4.78 is 5.81. The second-order valence-electron chi connectivity index (χ2n) is 4.64. The number of halogens is 1.